The molecule has 0 aliphatic rings. The third-order valence-electron chi connectivity index (χ3n) is 1.62. The van der Waals surface area contributed by atoms with Crippen LogP contribution in [0.3, 0.4) is 0 Å². The summed E-state index contributed by atoms with van der Waals surface area (Å²) < 4.78 is 0. The number of hydrogen-bond acceptors (Lipinski definition) is 2. The number of anilines is 1. The maximum atomic E-state index is 5.51. The Kier molecular flexibility index (Phi) is 2.87. The molecule has 0 fully saturated rings. The second kappa shape index (κ2) is 3.72. The number of fused-ring (bicyclic) bond motifs is 1. The Morgan fingerprint density at radius 3 is 2.58 bits per heavy atom. The van der Waals surface area contributed by atoms with Crippen LogP contribution in [0.25, 0.3) is 10.9 Å². The van der Waals surface area contributed by atoms with Gasteiger partial charge in [0.25, 0.3) is 0 Å². The van der Waals surface area contributed by atoms with E-state index >= 15 is 0 Å². The van der Waals surface area contributed by atoms with E-state index in [9.17, 15) is 0 Å². The fraction of sp³-hybridized carbons (Fsp3) is 0. The summed E-state index contributed by atoms with van der Waals surface area (Å²) in [5.74, 6) is 0.573. The minimum Gasteiger partial charge on any atom is -0.384 e. The molecule has 0 amide bonds. The number of nitrogen functional groups attached to an aromatic ring is 1. The number of pyridine rings is 1. The molecule has 2 rings (SSSR count). The average Bonchev–Trinajstić information content (AvgIpc) is 2.04. The van der Waals surface area contributed by atoms with Crippen LogP contribution in [0.1, 0.15) is 0 Å². The van der Waals surface area contributed by atoms with Gasteiger partial charge in [0, 0.05) is 27.8 Å². The van der Waals surface area contributed by atoms with E-state index < -0.39 is 0 Å². The van der Waals surface area contributed by atoms with E-state index in [1.54, 1.807) is 0 Å². The third kappa shape index (κ3) is 1.67. The van der Waals surface area contributed by atoms with Crippen LogP contribution in [0.4, 0.5) is 5.82 Å². The summed E-state index contributed by atoms with van der Waals surface area (Å²) in [4.78, 5) is 4.15. The topological polar surface area (TPSA) is 38.9 Å². The summed E-state index contributed by atoms with van der Waals surface area (Å²) in [6.07, 6.45) is 0. The molecule has 12 heavy (non-hydrogen) atoms. The maximum Gasteiger partial charge on any atom is 0.124 e. The van der Waals surface area contributed by atoms with Crippen molar-refractivity contribution in [3.05, 3.63) is 36.4 Å². The molecule has 1 heterocycles. The minimum absolute atomic E-state index is 0. The van der Waals surface area contributed by atoms with E-state index in [1.165, 1.54) is 0 Å². The molecule has 2 aromatic rings. The SMILES string of the molecule is Nc1ccc2ccccc2n1.[Au]. The number of para-hydroxylation sites is 1. The summed E-state index contributed by atoms with van der Waals surface area (Å²) >= 11 is 0. The van der Waals surface area contributed by atoms with E-state index in [4.69, 9.17) is 5.73 Å². The third-order valence-corrected chi connectivity index (χ3v) is 1.62. The Morgan fingerprint density at radius 2 is 1.75 bits per heavy atom. The number of nitrogens with zero attached hydrogens (tertiary/aromatic N) is 1. The van der Waals surface area contributed by atoms with Gasteiger partial charge < -0.3 is 5.73 Å². The summed E-state index contributed by atoms with van der Waals surface area (Å²) in [6, 6.07) is 11.7. The van der Waals surface area contributed by atoms with Gasteiger partial charge in [-0.15, -0.1) is 0 Å². The van der Waals surface area contributed by atoms with Gasteiger partial charge >= 0.3 is 0 Å². The van der Waals surface area contributed by atoms with Crippen molar-refractivity contribution < 1.29 is 22.4 Å². The molecule has 1 aromatic carbocycles. The molecule has 0 saturated heterocycles. The molecular weight excluding hydrogens is 333 g/mol. The van der Waals surface area contributed by atoms with Crippen molar-refractivity contribution in [3.8, 4) is 0 Å². The smallest absolute Gasteiger partial charge is 0.124 e. The molecule has 1 radical (unpaired) electrons. The van der Waals surface area contributed by atoms with Crippen molar-refractivity contribution in [2.24, 2.45) is 0 Å². The van der Waals surface area contributed by atoms with E-state index in [0.29, 0.717) is 5.82 Å². The van der Waals surface area contributed by atoms with E-state index in [1.807, 2.05) is 36.4 Å². The number of rotatable bonds is 0. The van der Waals surface area contributed by atoms with E-state index in [0.717, 1.165) is 10.9 Å². The quantitative estimate of drug-likeness (QED) is 0.743. The second-order valence-corrected chi connectivity index (χ2v) is 2.43. The summed E-state index contributed by atoms with van der Waals surface area (Å²) in [5.41, 5.74) is 6.46. The molecule has 2 nitrogen and oxygen atoms in total. The van der Waals surface area contributed by atoms with Crippen LogP contribution >= 0.6 is 0 Å². The Labute approximate surface area is 86.3 Å². The fourth-order valence-corrected chi connectivity index (χ4v) is 1.08. The summed E-state index contributed by atoms with van der Waals surface area (Å²) in [5, 5.41) is 1.13. The molecule has 0 aliphatic heterocycles. The van der Waals surface area contributed by atoms with Crippen molar-refractivity contribution in [1.82, 2.24) is 4.98 Å². The molecule has 0 bridgehead atoms. The number of nitrogens with two attached hydrogens (primary N) is 1. The second-order valence-electron chi connectivity index (χ2n) is 2.43. The largest absolute Gasteiger partial charge is 0.384 e. The molecule has 65 valence electrons. The van der Waals surface area contributed by atoms with Gasteiger partial charge in [0.05, 0.1) is 5.52 Å². The van der Waals surface area contributed by atoms with Crippen LogP contribution in [0, 0.1) is 0 Å². The molecule has 0 aliphatic carbocycles. The molecule has 3 heteroatoms. The molecular formula is C9H8AuN2. The first-order valence-corrected chi connectivity index (χ1v) is 3.47. The maximum absolute atomic E-state index is 5.51. The van der Waals surface area contributed by atoms with Gasteiger partial charge in [-0.25, -0.2) is 4.98 Å². The van der Waals surface area contributed by atoms with E-state index in [2.05, 4.69) is 4.98 Å². The number of hydrogen-bond donors (Lipinski definition) is 1. The zero-order valence-corrected chi connectivity index (χ0v) is 8.46. The zero-order valence-electron chi connectivity index (χ0n) is 6.29. The minimum atomic E-state index is 0. The average molecular weight is 341 g/mol. The van der Waals surface area contributed by atoms with Crippen LogP contribution in [0.15, 0.2) is 36.4 Å². The number of benzene rings is 1. The molecule has 0 spiro atoms. The molecule has 1 aromatic heterocycles. The Hall–Kier alpha value is -0.830. The predicted molar refractivity (Wildman–Crippen MR) is 46.2 cm³/mol. The van der Waals surface area contributed by atoms with Crippen LogP contribution in [-0.2, 0) is 22.4 Å². The monoisotopic (exact) mass is 341 g/mol. The van der Waals surface area contributed by atoms with Crippen LogP contribution in [0.2, 0.25) is 0 Å². The van der Waals surface area contributed by atoms with Crippen molar-refractivity contribution in [1.29, 1.82) is 0 Å². The van der Waals surface area contributed by atoms with E-state index in [-0.39, 0.29) is 22.4 Å². The Morgan fingerprint density at radius 1 is 1.00 bits per heavy atom. The van der Waals surface area contributed by atoms with Gasteiger partial charge in [-0.05, 0) is 18.2 Å². The molecule has 0 saturated carbocycles. The molecule has 2 N–H and O–H groups in total. The first-order valence-electron chi connectivity index (χ1n) is 3.47. The van der Waals surface area contributed by atoms with Gasteiger partial charge in [0.1, 0.15) is 5.82 Å². The van der Waals surface area contributed by atoms with Crippen LogP contribution in [0.5, 0.6) is 0 Å². The first kappa shape index (κ1) is 9.26. The molecule has 0 atom stereocenters. The zero-order chi connectivity index (χ0) is 7.68. The summed E-state index contributed by atoms with van der Waals surface area (Å²) in [7, 11) is 0. The van der Waals surface area contributed by atoms with Crippen molar-refractivity contribution in [3.63, 3.8) is 0 Å². The first-order chi connectivity index (χ1) is 5.36. The normalized spacial score (nSPS) is 9.33. The van der Waals surface area contributed by atoms with Crippen molar-refractivity contribution >= 4 is 16.7 Å². The molecule has 0 unspecified atom stereocenters. The van der Waals surface area contributed by atoms with Gasteiger partial charge in [-0.1, -0.05) is 18.2 Å². The van der Waals surface area contributed by atoms with Crippen LogP contribution in [-0.4, -0.2) is 4.98 Å². The van der Waals surface area contributed by atoms with Gasteiger partial charge in [0.2, 0.25) is 0 Å². The predicted octanol–water partition coefficient (Wildman–Crippen LogP) is 1.81. The summed E-state index contributed by atoms with van der Waals surface area (Å²) in [6.45, 7) is 0. The standard InChI is InChI=1S/C9H8N2.Au/c10-9-6-5-7-3-1-2-4-8(7)11-9;/h1-6H,(H2,10,11);. The van der Waals surface area contributed by atoms with Crippen molar-refractivity contribution in [2.45, 2.75) is 0 Å². The fourth-order valence-electron chi connectivity index (χ4n) is 1.08. The van der Waals surface area contributed by atoms with Gasteiger partial charge in [-0.2, -0.15) is 0 Å². The Balaban J connectivity index is 0.000000720. The van der Waals surface area contributed by atoms with Crippen molar-refractivity contribution in [2.75, 3.05) is 5.73 Å². The van der Waals surface area contributed by atoms with Gasteiger partial charge in [-0.3, -0.25) is 0 Å². The Bertz CT molecular complexity index is 387. The van der Waals surface area contributed by atoms with Gasteiger partial charge in [0.15, 0.2) is 0 Å². The number of aromatic nitrogens is 1. The van der Waals surface area contributed by atoms with Crippen LogP contribution < -0.4 is 5.73 Å².